The quantitative estimate of drug-likeness (QED) is 0.840. The zero-order valence-electron chi connectivity index (χ0n) is 10.2. The molecule has 4 heteroatoms. The van der Waals surface area contributed by atoms with Crippen molar-refractivity contribution in [2.45, 2.75) is 31.6 Å². The normalized spacial score (nSPS) is 22.0. The van der Waals surface area contributed by atoms with Crippen LogP contribution in [0.4, 0.5) is 5.82 Å². The van der Waals surface area contributed by atoms with Crippen molar-refractivity contribution in [3.8, 4) is 0 Å². The highest BCUT2D eigenvalue weighted by Crippen LogP contribution is 2.35. The van der Waals surface area contributed by atoms with Gasteiger partial charge in [-0.25, -0.2) is 0 Å². The van der Waals surface area contributed by atoms with Gasteiger partial charge in [0.05, 0.1) is 5.69 Å². The number of nitrogens with zero attached hydrogens (tertiary/aromatic N) is 3. The minimum Gasteiger partial charge on any atom is -0.354 e. The average molecular weight is 232 g/mol. The summed E-state index contributed by atoms with van der Waals surface area (Å²) in [6, 6.07) is 4.32. The molecule has 2 aliphatic rings. The summed E-state index contributed by atoms with van der Waals surface area (Å²) in [5.74, 6) is 1.72. The van der Waals surface area contributed by atoms with Crippen molar-refractivity contribution in [1.82, 2.24) is 15.5 Å². The molecule has 1 N–H and O–H groups in total. The van der Waals surface area contributed by atoms with E-state index in [1.54, 1.807) is 0 Å². The van der Waals surface area contributed by atoms with Gasteiger partial charge in [0.2, 0.25) is 0 Å². The first-order valence-electron chi connectivity index (χ1n) is 6.73. The molecule has 0 spiro atoms. The molecular weight excluding hydrogens is 212 g/mol. The fourth-order valence-electron chi connectivity index (χ4n) is 2.50. The molecule has 1 aliphatic carbocycles. The van der Waals surface area contributed by atoms with Crippen LogP contribution >= 0.6 is 0 Å². The van der Waals surface area contributed by atoms with Gasteiger partial charge in [0.25, 0.3) is 0 Å². The molecule has 1 aliphatic heterocycles. The van der Waals surface area contributed by atoms with Gasteiger partial charge in [0, 0.05) is 25.6 Å². The monoisotopic (exact) mass is 232 g/mol. The van der Waals surface area contributed by atoms with Crippen molar-refractivity contribution in [2.75, 3.05) is 31.1 Å². The zero-order chi connectivity index (χ0) is 11.5. The molecule has 2 fully saturated rings. The minimum absolute atomic E-state index is 0.683. The molecule has 2 heterocycles. The summed E-state index contributed by atoms with van der Waals surface area (Å²) in [6.45, 7) is 4.29. The lowest BCUT2D eigenvalue weighted by molar-refractivity contribution is 0.408. The number of rotatable bonds is 2. The first-order valence-corrected chi connectivity index (χ1v) is 6.73. The Morgan fingerprint density at radius 3 is 2.71 bits per heavy atom. The Morgan fingerprint density at radius 1 is 1.06 bits per heavy atom. The smallest absolute Gasteiger partial charge is 0.151 e. The summed E-state index contributed by atoms with van der Waals surface area (Å²) in [6.07, 6.45) is 5.13. The van der Waals surface area contributed by atoms with Crippen LogP contribution < -0.4 is 10.2 Å². The van der Waals surface area contributed by atoms with Gasteiger partial charge in [-0.2, -0.15) is 5.10 Å². The molecule has 0 atom stereocenters. The van der Waals surface area contributed by atoms with Crippen molar-refractivity contribution < 1.29 is 0 Å². The van der Waals surface area contributed by atoms with Crippen LogP contribution in [0.3, 0.4) is 0 Å². The van der Waals surface area contributed by atoms with Crippen LogP contribution in [0.25, 0.3) is 0 Å². The Balaban J connectivity index is 1.69. The van der Waals surface area contributed by atoms with E-state index in [-0.39, 0.29) is 0 Å². The Bertz CT molecular complexity index is 350. The van der Waals surface area contributed by atoms with Crippen LogP contribution in [0.2, 0.25) is 0 Å². The van der Waals surface area contributed by atoms with E-state index in [0.717, 1.165) is 32.0 Å². The third-order valence-electron chi connectivity index (χ3n) is 3.86. The predicted molar refractivity (Wildman–Crippen MR) is 68.3 cm³/mol. The van der Waals surface area contributed by atoms with E-state index in [1.165, 1.54) is 31.4 Å². The van der Waals surface area contributed by atoms with Crippen LogP contribution in [0.5, 0.6) is 0 Å². The van der Waals surface area contributed by atoms with E-state index < -0.39 is 0 Å². The number of nitrogens with one attached hydrogen (secondary N) is 1. The van der Waals surface area contributed by atoms with Gasteiger partial charge in [0.1, 0.15) is 0 Å². The summed E-state index contributed by atoms with van der Waals surface area (Å²) >= 11 is 0. The molecule has 0 amide bonds. The number of anilines is 1. The van der Waals surface area contributed by atoms with Crippen molar-refractivity contribution in [1.29, 1.82) is 0 Å². The molecule has 0 bridgehead atoms. The van der Waals surface area contributed by atoms with E-state index in [9.17, 15) is 0 Å². The van der Waals surface area contributed by atoms with Gasteiger partial charge >= 0.3 is 0 Å². The Labute approximate surface area is 102 Å². The topological polar surface area (TPSA) is 41.0 Å². The first kappa shape index (κ1) is 11.0. The van der Waals surface area contributed by atoms with E-state index in [4.69, 9.17) is 0 Å². The molecule has 1 aromatic heterocycles. The minimum atomic E-state index is 0.683. The van der Waals surface area contributed by atoms with E-state index in [0.29, 0.717) is 5.92 Å². The fourth-order valence-corrected chi connectivity index (χ4v) is 2.50. The molecule has 92 valence electrons. The van der Waals surface area contributed by atoms with Gasteiger partial charge < -0.3 is 10.2 Å². The lowest BCUT2D eigenvalue weighted by Gasteiger charge is -2.25. The van der Waals surface area contributed by atoms with Crippen molar-refractivity contribution in [3.05, 3.63) is 17.8 Å². The van der Waals surface area contributed by atoms with Gasteiger partial charge in [-0.3, -0.25) is 0 Å². The standard InChI is InChI=1S/C13H20N4/c1-3-11(4-1)12-5-6-13(16-15-12)17-9-2-7-14-8-10-17/h5-6,11,14H,1-4,7-10H2. The SMILES string of the molecule is c1cc(N2CCCNCC2)nnc1C1CCC1. The highest BCUT2D eigenvalue weighted by molar-refractivity contribution is 5.38. The number of hydrogen-bond donors (Lipinski definition) is 1. The Morgan fingerprint density at radius 2 is 2.00 bits per heavy atom. The molecule has 3 rings (SSSR count). The molecule has 1 saturated heterocycles. The van der Waals surface area contributed by atoms with Crippen molar-refractivity contribution in [3.63, 3.8) is 0 Å². The van der Waals surface area contributed by atoms with Gasteiger partial charge in [-0.05, 0) is 37.9 Å². The van der Waals surface area contributed by atoms with Crippen molar-refractivity contribution in [2.24, 2.45) is 0 Å². The predicted octanol–water partition coefficient (Wildman–Crippen LogP) is 1.54. The molecule has 1 saturated carbocycles. The summed E-state index contributed by atoms with van der Waals surface area (Å²) in [5.41, 5.74) is 1.19. The van der Waals surface area contributed by atoms with Crippen LogP contribution in [0.1, 0.15) is 37.3 Å². The first-order chi connectivity index (χ1) is 8.43. The zero-order valence-corrected chi connectivity index (χ0v) is 10.2. The highest BCUT2D eigenvalue weighted by atomic mass is 15.3. The highest BCUT2D eigenvalue weighted by Gasteiger charge is 2.21. The lowest BCUT2D eigenvalue weighted by Crippen LogP contribution is -2.29. The average Bonchev–Trinajstić information content (AvgIpc) is 2.56. The van der Waals surface area contributed by atoms with Crippen LogP contribution in [0.15, 0.2) is 12.1 Å². The maximum absolute atomic E-state index is 4.40. The van der Waals surface area contributed by atoms with Crippen LogP contribution in [0, 0.1) is 0 Å². The van der Waals surface area contributed by atoms with E-state index in [1.807, 2.05) is 0 Å². The lowest BCUT2D eigenvalue weighted by atomic mass is 9.83. The van der Waals surface area contributed by atoms with Gasteiger partial charge in [-0.1, -0.05) is 6.42 Å². The van der Waals surface area contributed by atoms with Gasteiger partial charge in [-0.15, -0.1) is 5.10 Å². The Kier molecular flexibility index (Phi) is 3.22. The van der Waals surface area contributed by atoms with Gasteiger partial charge in [0.15, 0.2) is 5.82 Å². The van der Waals surface area contributed by atoms with E-state index in [2.05, 4.69) is 32.5 Å². The second-order valence-corrected chi connectivity index (χ2v) is 5.03. The second kappa shape index (κ2) is 5.00. The van der Waals surface area contributed by atoms with E-state index >= 15 is 0 Å². The Hall–Kier alpha value is -1.16. The summed E-state index contributed by atoms with van der Waals surface area (Å²) in [4.78, 5) is 2.33. The third-order valence-corrected chi connectivity index (χ3v) is 3.86. The third kappa shape index (κ3) is 2.41. The van der Waals surface area contributed by atoms with Crippen molar-refractivity contribution >= 4 is 5.82 Å². The summed E-state index contributed by atoms with van der Waals surface area (Å²) in [7, 11) is 0. The largest absolute Gasteiger partial charge is 0.354 e. The number of hydrogen-bond acceptors (Lipinski definition) is 4. The van der Waals surface area contributed by atoms with Crippen LogP contribution in [-0.2, 0) is 0 Å². The summed E-state index contributed by atoms with van der Waals surface area (Å²) < 4.78 is 0. The maximum Gasteiger partial charge on any atom is 0.151 e. The maximum atomic E-state index is 4.40. The molecule has 0 aromatic carbocycles. The molecule has 17 heavy (non-hydrogen) atoms. The molecule has 0 radical (unpaired) electrons. The molecule has 0 unspecified atom stereocenters. The fraction of sp³-hybridized carbons (Fsp3) is 0.692. The molecule has 4 nitrogen and oxygen atoms in total. The molecule has 1 aromatic rings. The van der Waals surface area contributed by atoms with Crippen LogP contribution in [-0.4, -0.2) is 36.4 Å². The summed E-state index contributed by atoms with van der Waals surface area (Å²) in [5, 5.41) is 12.2. The number of aromatic nitrogens is 2. The second-order valence-electron chi connectivity index (χ2n) is 5.03. The molecular formula is C13H20N4.